The minimum Gasteiger partial charge on any atom is -0.311 e. The van der Waals surface area contributed by atoms with Crippen LogP contribution < -0.4 is 4.90 Å². The van der Waals surface area contributed by atoms with Crippen molar-refractivity contribution >= 4 is 71.4 Å². The van der Waals surface area contributed by atoms with Crippen LogP contribution in [0.1, 0.15) is 0 Å². The van der Waals surface area contributed by atoms with Crippen molar-refractivity contribution in [3.05, 3.63) is 188 Å². The fraction of sp³-hybridized carbons (Fsp3) is 0. The molecule has 0 unspecified atom stereocenters. The molecule has 10 rings (SSSR count). The van der Waals surface area contributed by atoms with Gasteiger partial charge in [0.15, 0.2) is 0 Å². The molecule has 0 spiro atoms. The first kappa shape index (κ1) is 27.5. The van der Waals surface area contributed by atoms with Gasteiger partial charge in [-0.25, -0.2) is 0 Å². The van der Waals surface area contributed by atoms with Gasteiger partial charge >= 0.3 is 0 Å². The van der Waals surface area contributed by atoms with E-state index in [1.54, 1.807) is 0 Å². The van der Waals surface area contributed by atoms with Gasteiger partial charge in [0.1, 0.15) is 0 Å². The van der Waals surface area contributed by atoms with Crippen molar-refractivity contribution in [2.75, 3.05) is 4.90 Å². The second-order valence-electron chi connectivity index (χ2n) is 12.6. The van der Waals surface area contributed by atoms with Crippen LogP contribution in [0.15, 0.2) is 188 Å². The smallest absolute Gasteiger partial charge is 0.0562 e. The van der Waals surface area contributed by atoms with E-state index in [-0.39, 0.29) is 0 Å². The number of benzene rings is 8. The quantitative estimate of drug-likeness (QED) is 0.185. The maximum Gasteiger partial charge on any atom is 0.0562 e. The fourth-order valence-electron chi connectivity index (χ4n) is 7.73. The molecule has 8 aromatic carbocycles. The number of nitrogens with zero attached hydrogens (tertiary/aromatic N) is 3. The normalized spacial score (nSPS) is 11.7. The topological polar surface area (TPSA) is 13.1 Å². The van der Waals surface area contributed by atoms with Gasteiger partial charge < -0.3 is 14.0 Å². The molecule has 2 aromatic heterocycles. The maximum atomic E-state index is 2.43. The van der Waals surface area contributed by atoms with Gasteiger partial charge in [0.05, 0.1) is 22.1 Å². The van der Waals surface area contributed by atoms with E-state index in [1.807, 2.05) is 0 Å². The summed E-state index contributed by atoms with van der Waals surface area (Å²) in [5.41, 5.74) is 10.5. The fourth-order valence-corrected chi connectivity index (χ4v) is 7.73. The average molecular weight is 626 g/mol. The van der Waals surface area contributed by atoms with E-state index in [0.717, 1.165) is 28.4 Å². The van der Waals surface area contributed by atoms with Crippen molar-refractivity contribution in [1.29, 1.82) is 0 Å². The van der Waals surface area contributed by atoms with Crippen LogP contribution in [0.4, 0.5) is 17.1 Å². The summed E-state index contributed by atoms with van der Waals surface area (Å²) in [6, 6.07) is 67.8. The molecule has 0 fully saturated rings. The van der Waals surface area contributed by atoms with Gasteiger partial charge in [0.25, 0.3) is 0 Å². The van der Waals surface area contributed by atoms with Gasteiger partial charge in [-0.2, -0.15) is 0 Å². The van der Waals surface area contributed by atoms with Crippen molar-refractivity contribution < 1.29 is 0 Å². The van der Waals surface area contributed by atoms with Crippen LogP contribution in [0.3, 0.4) is 0 Å². The molecule has 0 aliphatic heterocycles. The molecule has 0 aliphatic carbocycles. The molecular formula is C46H31N3. The third kappa shape index (κ3) is 4.29. The third-order valence-electron chi connectivity index (χ3n) is 9.86. The zero-order valence-corrected chi connectivity index (χ0v) is 26.7. The molecule has 0 atom stereocenters. The van der Waals surface area contributed by atoms with E-state index >= 15 is 0 Å². The Kier molecular flexibility index (Phi) is 6.18. The van der Waals surface area contributed by atoms with Crippen LogP contribution in [-0.2, 0) is 0 Å². The summed E-state index contributed by atoms with van der Waals surface area (Å²) in [5.74, 6) is 0. The van der Waals surface area contributed by atoms with Crippen LogP contribution in [-0.4, -0.2) is 9.13 Å². The number of aromatic nitrogens is 2. The predicted octanol–water partition coefficient (Wildman–Crippen LogP) is 12.5. The second-order valence-corrected chi connectivity index (χ2v) is 12.6. The van der Waals surface area contributed by atoms with Crippen LogP contribution >= 0.6 is 0 Å². The highest BCUT2D eigenvalue weighted by atomic mass is 15.1. The Morgan fingerprint density at radius 1 is 0.306 bits per heavy atom. The Hall–Kier alpha value is -6.58. The molecule has 3 heteroatoms. The number of anilines is 3. The number of hydrogen-bond acceptors (Lipinski definition) is 1. The van der Waals surface area contributed by atoms with E-state index in [2.05, 4.69) is 202 Å². The van der Waals surface area contributed by atoms with Crippen molar-refractivity contribution in [1.82, 2.24) is 9.13 Å². The first-order valence-electron chi connectivity index (χ1n) is 16.8. The lowest BCUT2D eigenvalue weighted by molar-refractivity contribution is 1.16. The molecule has 0 bridgehead atoms. The zero-order chi connectivity index (χ0) is 32.3. The van der Waals surface area contributed by atoms with Crippen molar-refractivity contribution in [2.45, 2.75) is 0 Å². The van der Waals surface area contributed by atoms with Gasteiger partial charge in [-0.3, -0.25) is 0 Å². The van der Waals surface area contributed by atoms with Crippen molar-refractivity contribution in [2.24, 2.45) is 0 Å². The van der Waals surface area contributed by atoms with Crippen LogP contribution in [0.5, 0.6) is 0 Å². The Balaban J connectivity index is 1.24. The van der Waals surface area contributed by atoms with Crippen LogP contribution in [0.2, 0.25) is 0 Å². The molecule has 2 heterocycles. The standard InChI is InChI=1S/C46H31N3/c1-4-15-33(16-5-1)47(34-17-6-2-7-18-34)36-25-27-37(28-26-36)48-42-23-13-12-22-39(42)40-30-41-45(31-44(40)48)49(35-19-8-3-9-20-35)43-29-24-32-14-10-11-21-38(32)46(41)43/h1-31H. The Morgan fingerprint density at radius 2 is 0.837 bits per heavy atom. The van der Waals surface area contributed by atoms with E-state index in [4.69, 9.17) is 0 Å². The van der Waals surface area contributed by atoms with Gasteiger partial charge in [0.2, 0.25) is 0 Å². The lowest BCUT2D eigenvalue weighted by Gasteiger charge is -2.25. The number of rotatable bonds is 5. The molecule has 0 N–H and O–H groups in total. The van der Waals surface area contributed by atoms with Gasteiger partial charge in [-0.05, 0) is 95.7 Å². The average Bonchev–Trinajstić information content (AvgIpc) is 3.68. The predicted molar refractivity (Wildman–Crippen MR) is 207 cm³/mol. The third-order valence-corrected chi connectivity index (χ3v) is 9.86. The molecule has 0 aliphatic rings. The SMILES string of the molecule is c1ccc(N(c2ccccc2)c2ccc(-n3c4ccccc4c4cc5c6c7ccccc7ccc6n(-c6ccccc6)c5cc43)cc2)cc1. The zero-order valence-electron chi connectivity index (χ0n) is 26.7. The van der Waals surface area contributed by atoms with E-state index < -0.39 is 0 Å². The molecule has 49 heavy (non-hydrogen) atoms. The van der Waals surface area contributed by atoms with E-state index in [1.165, 1.54) is 54.4 Å². The number of fused-ring (bicyclic) bond motifs is 8. The minimum atomic E-state index is 1.11. The molecule has 0 amide bonds. The molecule has 230 valence electrons. The van der Waals surface area contributed by atoms with Gasteiger partial charge in [-0.15, -0.1) is 0 Å². The first-order chi connectivity index (χ1) is 24.3. The molecular weight excluding hydrogens is 595 g/mol. The summed E-state index contributed by atoms with van der Waals surface area (Å²) in [7, 11) is 0. The highest BCUT2D eigenvalue weighted by Gasteiger charge is 2.20. The molecule has 0 radical (unpaired) electrons. The van der Waals surface area contributed by atoms with Gasteiger partial charge in [0, 0.05) is 50.0 Å². The second kappa shape index (κ2) is 11.0. The van der Waals surface area contributed by atoms with Gasteiger partial charge in [-0.1, -0.05) is 103 Å². The lowest BCUT2D eigenvalue weighted by Crippen LogP contribution is -2.09. The molecule has 10 aromatic rings. The Bertz CT molecular complexity index is 2750. The van der Waals surface area contributed by atoms with Crippen LogP contribution in [0, 0.1) is 0 Å². The molecule has 0 saturated carbocycles. The summed E-state index contributed by atoms with van der Waals surface area (Å²) >= 11 is 0. The summed E-state index contributed by atoms with van der Waals surface area (Å²) in [6.45, 7) is 0. The monoisotopic (exact) mass is 625 g/mol. The Labute approximate surface area is 284 Å². The maximum absolute atomic E-state index is 2.43. The highest BCUT2D eigenvalue weighted by molar-refractivity contribution is 6.25. The summed E-state index contributed by atoms with van der Waals surface area (Å²) in [5, 5.41) is 7.59. The first-order valence-corrected chi connectivity index (χ1v) is 16.8. The van der Waals surface area contributed by atoms with E-state index in [9.17, 15) is 0 Å². The lowest BCUT2D eigenvalue weighted by atomic mass is 10.0. The summed E-state index contributed by atoms with van der Waals surface area (Å²) in [4.78, 5) is 2.31. The molecule has 0 saturated heterocycles. The highest BCUT2D eigenvalue weighted by Crippen LogP contribution is 2.42. The largest absolute Gasteiger partial charge is 0.311 e. The van der Waals surface area contributed by atoms with Crippen molar-refractivity contribution in [3.63, 3.8) is 0 Å². The summed E-state index contributed by atoms with van der Waals surface area (Å²) in [6.07, 6.45) is 0. The van der Waals surface area contributed by atoms with Crippen molar-refractivity contribution in [3.8, 4) is 11.4 Å². The molecule has 3 nitrogen and oxygen atoms in total. The Morgan fingerprint density at radius 3 is 1.55 bits per heavy atom. The number of para-hydroxylation sites is 4. The van der Waals surface area contributed by atoms with E-state index in [0.29, 0.717) is 0 Å². The number of hydrogen-bond donors (Lipinski definition) is 0. The van der Waals surface area contributed by atoms with Crippen LogP contribution in [0.25, 0.3) is 65.8 Å². The minimum absolute atomic E-state index is 1.11. The summed E-state index contributed by atoms with van der Waals surface area (Å²) < 4.78 is 4.85.